The zero-order valence-corrected chi connectivity index (χ0v) is 18.4. The van der Waals surface area contributed by atoms with Crippen LogP contribution in [-0.4, -0.2) is 33.8 Å². The first-order valence-electron chi connectivity index (χ1n) is 11.1. The van der Waals surface area contributed by atoms with Crippen LogP contribution in [0.15, 0.2) is 53.3 Å². The fourth-order valence-electron chi connectivity index (χ4n) is 4.52. The smallest absolute Gasteiger partial charge is 0.274 e. The van der Waals surface area contributed by atoms with Gasteiger partial charge in [0.05, 0.1) is 17.6 Å². The Kier molecular flexibility index (Phi) is 6.86. The Morgan fingerprint density at radius 2 is 1.83 bits per heavy atom. The molecule has 3 aromatic rings. The summed E-state index contributed by atoms with van der Waals surface area (Å²) in [5.74, 6) is 0. The molecule has 0 bridgehead atoms. The summed E-state index contributed by atoms with van der Waals surface area (Å²) in [6, 6.07) is 16.1. The zero-order valence-electron chi connectivity index (χ0n) is 17.7. The first-order chi connectivity index (χ1) is 14.7. The van der Waals surface area contributed by atoms with Crippen molar-refractivity contribution in [3.63, 3.8) is 0 Å². The van der Waals surface area contributed by atoms with Gasteiger partial charge in [0.2, 0.25) is 0 Å². The molecule has 5 heteroatoms. The number of fused-ring (bicyclic) bond motifs is 1. The molecule has 0 saturated carbocycles. The van der Waals surface area contributed by atoms with Crippen molar-refractivity contribution in [1.82, 2.24) is 14.7 Å². The molecule has 2 aromatic carbocycles. The molecule has 0 N–H and O–H groups in total. The van der Waals surface area contributed by atoms with Crippen LogP contribution in [0, 0.1) is 0 Å². The highest BCUT2D eigenvalue weighted by atomic mass is 35.5. The maximum atomic E-state index is 13.2. The van der Waals surface area contributed by atoms with Crippen molar-refractivity contribution in [2.24, 2.45) is 0 Å². The van der Waals surface area contributed by atoms with Gasteiger partial charge in [0, 0.05) is 22.9 Å². The maximum Gasteiger partial charge on any atom is 0.274 e. The number of nitrogens with zero attached hydrogens (tertiary/aromatic N) is 3. The van der Waals surface area contributed by atoms with Gasteiger partial charge in [-0.2, -0.15) is 5.10 Å². The molecule has 4 rings (SSSR count). The van der Waals surface area contributed by atoms with Crippen molar-refractivity contribution in [3.05, 3.63) is 75.2 Å². The summed E-state index contributed by atoms with van der Waals surface area (Å²) in [4.78, 5) is 15.8. The first-order valence-corrected chi connectivity index (χ1v) is 11.5. The lowest BCUT2D eigenvalue weighted by Crippen LogP contribution is -2.38. The average molecular weight is 424 g/mol. The second kappa shape index (κ2) is 9.76. The van der Waals surface area contributed by atoms with Crippen LogP contribution in [-0.2, 0) is 13.0 Å². The number of hydrogen-bond acceptors (Lipinski definition) is 3. The van der Waals surface area contributed by atoms with Gasteiger partial charge in [0.25, 0.3) is 5.56 Å². The molecule has 158 valence electrons. The highest BCUT2D eigenvalue weighted by Gasteiger charge is 2.25. The first kappa shape index (κ1) is 21.1. The molecule has 1 saturated heterocycles. The van der Waals surface area contributed by atoms with Crippen LogP contribution in [0.25, 0.3) is 10.8 Å². The van der Waals surface area contributed by atoms with E-state index in [1.807, 2.05) is 48.5 Å². The Morgan fingerprint density at radius 1 is 1.07 bits per heavy atom. The average Bonchev–Trinajstić information content (AvgIpc) is 3.20. The third-order valence-corrected chi connectivity index (χ3v) is 6.41. The summed E-state index contributed by atoms with van der Waals surface area (Å²) in [6.45, 7) is 5.17. The van der Waals surface area contributed by atoms with Crippen LogP contribution >= 0.6 is 11.6 Å². The van der Waals surface area contributed by atoms with Crippen molar-refractivity contribution in [1.29, 1.82) is 0 Å². The molecule has 1 aromatic heterocycles. The standard InChI is InChI=1S/C25H30ClN3O/c1-2-3-6-15-28-16-7-8-21(28)18-29-25(30)23-10-5-4-9-22(23)24(27-29)17-19-11-13-20(26)14-12-19/h4-5,9-14,21H,2-3,6-8,15-18H2,1H3/t21-/m1/s1. The lowest BCUT2D eigenvalue weighted by Gasteiger charge is -2.25. The summed E-state index contributed by atoms with van der Waals surface area (Å²) in [7, 11) is 0. The topological polar surface area (TPSA) is 38.1 Å². The van der Waals surface area contributed by atoms with Gasteiger partial charge in [0.15, 0.2) is 0 Å². The summed E-state index contributed by atoms with van der Waals surface area (Å²) in [5, 5.41) is 7.29. The van der Waals surface area contributed by atoms with Gasteiger partial charge >= 0.3 is 0 Å². The molecule has 0 aliphatic carbocycles. The second-order valence-corrected chi connectivity index (χ2v) is 8.76. The highest BCUT2D eigenvalue weighted by Crippen LogP contribution is 2.21. The fourth-order valence-corrected chi connectivity index (χ4v) is 4.64. The Bertz CT molecular complexity index is 1040. The predicted molar refractivity (Wildman–Crippen MR) is 124 cm³/mol. The lowest BCUT2D eigenvalue weighted by atomic mass is 10.0. The van der Waals surface area contributed by atoms with Crippen molar-refractivity contribution in [2.45, 2.75) is 58.0 Å². The normalized spacial score (nSPS) is 17.1. The van der Waals surface area contributed by atoms with Crippen LogP contribution in [0.2, 0.25) is 5.02 Å². The van der Waals surface area contributed by atoms with Crippen molar-refractivity contribution < 1.29 is 0 Å². The minimum Gasteiger partial charge on any atom is -0.299 e. The van der Waals surface area contributed by atoms with Crippen LogP contribution < -0.4 is 5.56 Å². The minimum absolute atomic E-state index is 0.0193. The van der Waals surface area contributed by atoms with E-state index in [1.165, 1.54) is 25.7 Å². The molecule has 1 aliphatic heterocycles. The van der Waals surface area contributed by atoms with E-state index in [0.717, 1.165) is 46.6 Å². The number of halogens is 1. The lowest BCUT2D eigenvalue weighted by molar-refractivity contribution is 0.220. The number of likely N-dealkylation sites (tertiary alicyclic amines) is 1. The Morgan fingerprint density at radius 3 is 2.60 bits per heavy atom. The van der Waals surface area contributed by atoms with Gasteiger partial charge in [-0.3, -0.25) is 9.69 Å². The highest BCUT2D eigenvalue weighted by molar-refractivity contribution is 6.30. The molecular weight excluding hydrogens is 394 g/mol. The van der Waals surface area contributed by atoms with Gasteiger partial charge in [-0.25, -0.2) is 4.68 Å². The molecule has 0 radical (unpaired) electrons. The van der Waals surface area contributed by atoms with Gasteiger partial charge in [-0.05, 0) is 56.1 Å². The van der Waals surface area contributed by atoms with Crippen LogP contribution in [0.1, 0.15) is 50.3 Å². The van der Waals surface area contributed by atoms with E-state index in [2.05, 4.69) is 11.8 Å². The molecule has 4 nitrogen and oxygen atoms in total. The Labute approximate surface area is 183 Å². The van der Waals surface area contributed by atoms with Gasteiger partial charge in [-0.1, -0.05) is 61.7 Å². The van der Waals surface area contributed by atoms with E-state index in [9.17, 15) is 4.79 Å². The van der Waals surface area contributed by atoms with Crippen molar-refractivity contribution in [3.8, 4) is 0 Å². The summed E-state index contributed by atoms with van der Waals surface area (Å²) in [6.07, 6.45) is 6.76. The van der Waals surface area contributed by atoms with Crippen LogP contribution in [0.3, 0.4) is 0 Å². The molecule has 0 unspecified atom stereocenters. The largest absolute Gasteiger partial charge is 0.299 e. The number of aromatic nitrogens is 2. The zero-order chi connectivity index (χ0) is 20.9. The molecule has 1 atom stereocenters. The monoisotopic (exact) mass is 423 g/mol. The summed E-state index contributed by atoms with van der Waals surface area (Å²) >= 11 is 6.04. The third kappa shape index (κ3) is 4.76. The quantitative estimate of drug-likeness (QED) is 0.461. The number of rotatable bonds is 8. The number of benzene rings is 2. The van der Waals surface area contributed by atoms with E-state index in [-0.39, 0.29) is 5.56 Å². The Hall–Kier alpha value is -2.17. The van der Waals surface area contributed by atoms with E-state index in [1.54, 1.807) is 4.68 Å². The molecule has 2 heterocycles. The molecule has 1 aliphatic rings. The second-order valence-electron chi connectivity index (χ2n) is 8.32. The van der Waals surface area contributed by atoms with E-state index in [4.69, 9.17) is 16.7 Å². The molecular formula is C25H30ClN3O. The van der Waals surface area contributed by atoms with Crippen molar-refractivity contribution >= 4 is 22.4 Å². The summed E-state index contributed by atoms with van der Waals surface area (Å²) < 4.78 is 1.72. The van der Waals surface area contributed by atoms with Gasteiger partial charge < -0.3 is 0 Å². The van der Waals surface area contributed by atoms with E-state index < -0.39 is 0 Å². The molecule has 0 spiro atoms. The third-order valence-electron chi connectivity index (χ3n) is 6.16. The Balaban J connectivity index is 1.64. The fraction of sp³-hybridized carbons (Fsp3) is 0.440. The number of hydrogen-bond donors (Lipinski definition) is 0. The maximum absolute atomic E-state index is 13.2. The van der Waals surface area contributed by atoms with Gasteiger partial charge in [0.1, 0.15) is 0 Å². The molecule has 30 heavy (non-hydrogen) atoms. The minimum atomic E-state index is 0.0193. The number of unbranched alkanes of at least 4 members (excludes halogenated alkanes) is 2. The molecule has 1 fully saturated rings. The molecule has 0 amide bonds. The van der Waals surface area contributed by atoms with Crippen LogP contribution in [0.5, 0.6) is 0 Å². The van der Waals surface area contributed by atoms with Crippen LogP contribution in [0.4, 0.5) is 0 Å². The predicted octanol–water partition coefficient (Wildman–Crippen LogP) is 5.30. The van der Waals surface area contributed by atoms with Crippen molar-refractivity contribution in [2.75, 3.05) is 13.1 Å². The summed E-state index contributed by atoms with van der Waals surface area (Å²) in [5.41, 5.74) is 2.11. The van der Waals surface area contributed by atoms with Gasteiger partial charge in [-0.15, -0.1) is 0 Å². The van der Waals surface area contributed by atoms with E-state index >= 15 is 0 Å². The SMILES string of the molecule is CCCCCN1CCC[C@@H]1Cn1nc(Cc2ccc(Cl)cc2)c2ccccc2c1=O. The van der Waals surface area contributed by atoms with E-state index in [0.29, 0.717) is 19.0 Å².